The highest BCUT2D eigenvalue weighted by Gasteiger charge is 2.39. The predicted molar refractivity (Wildman–Crippen MR) is 132 cm³/mol. The number of sulfonamides is 1. The number of carbonyl (C=O) groups is 1. The molecule has 8 nitrogen and oxygen atoms in total. The van der Waals surface area contributed by atoms with Gasteiger partial charge in [-0.2, -0.15) is 5.26 Å². The second-order valence-electron chi connectivity index (χ2n) is 8.30. The fourth-order valence-electron chi connectivity index (χ4n) is 3.61. The van der Waals surface area contributed by atoms with Crippen molar-refractivity contribution in [2.45, 2.75) is 23.0 Å². The Hall–Kier alpha value is -4.01. The van der Waals surface area contributed by atoms with Crippen LogP contribution >= 0.6 is 0 Å². The normalized spacial score (nSPS) is 17.8. The topological polar surface area (TPSA) is 126 Å². The van der Waals surface area contributed by atoms with Gasteiger partial charge in [0.05, 0.1) is 17.3 Å². The highest BCUT2D eigenvalue weighted by Crippen LogP contribution is 2.32. The van der Waals surface area contributed by atoms with Gasteiger partial charge in [0.15, 0.2) is 5.78 Å². The van der Waals surface area contributed by atoms with Gasteiger partial charge in [-0.05, 0) is 37.6 Å². The monoisotopic (exact) mass is 525 g/mol. The van der Waals surface area contributed by atoms with Crippen molar-refractivity contribution in [1.29, 1.82) is 5.26 Å². The second-order valence-corrected chi connectivity index (χ2v) is 12.3. The van der Waals surface area contributed by atoms with Gasteiger partial charge in [0, 0.05) is 23.5 Å². The first kappa shape index (κ1) is 25.1. The van der Waals surface area contributed by atoms with Crippen molar-refractivity contribution in [3.05, 3.63) is 108 Å². The third-order valence-electron chi connectivity index (χ3n) is 5.80. The van der Waals surface area contributed by atoms with E-state index in [1.54, 1.807) is 42.5 Å². The van der Waals surface area contributed by atoms with Gasteiger partial charge in [-0.1, -0.05) is 48.6 Å². The standard InChI is InChI=1S/C25H20FN3O5S2/c1-25(12-9-20(10-13-25)24(30)19-5-3-2-4-6-19)36(33,34)29-14-11-21(17-29)35(31,32)28-23-8-7-18(16-27)15-22(23)26/h2-12,14-15,17,28H,13H2,1H3. The molecule has 1 N–H and O–H groups in total. The maximum Gasteiger partial charge on any atom is 0.263 e. The molecule has 2 aromatic carbocycles. The molecule has 36 heavy (non-hydrogen) atoms. The Morgan fingerprint density at radius 3 is 2.44 bits per heavy atom. The van der Waals surface area contributed by atoms with Crippen LogP contribution < -0.4 is 4.72 Å². The van der Waals surface area contributed by atoms with Gasteiger partial charge < -0.3 is 0 Å². The Balaban J connectivity index is 1.56. The molecule has 0 spiro atoms. The van der Waals surface area contributed by atoms with Gasteiger partial charge in [0.1, 0.15) is 15.5 Å². The number of rotatable bonds is 7. The van der Waals surface area contributed by atoms with E-state index in [-0.39, 0.29) is 23.5 Å². The number of aromatic nitrogens is 1. The molecular weight excluding hydrogens is 505 g/mol. The SMILES string of the molecule is CC1(S(=O)(=O)n2ccc(S(=O)(=O)Nc3ccc(C#N)cc3F)c2)C=CC(C(=O)c2ccccc2)=CC1. The predicted octanol–water partition coefficient (Wildman–Crippen LogP) is 4.01. The van der Waals surface area contributed by atoms with Gasteiger partial charge in [0.2, 0.25) is 10.0 Å². The first-order valence-electron chi connectivity index (χ1n) is 10.6. The maximum atomic E-state index is 14.2. The van der Waals surface area contributed by atoms with Crippen LogP contribution in [0.4, 0.5) is 10.1 Å². The lowest BCUT2D eigenvalue weighted by Gasteiger charge is -2.28. The molecule has 1 atom stereocenters. The summed E-state index contributed by atoms with van der Waals surface area (Å²) in [5.74, 6) is -1.18. The minimum Gasteiger partial charge on any atom is -0.289 e. The molecule has 0 saturated carbocycles. The van der Waals surface area contributed by atoms with Crippen LogP contribution in [-0.2, 0) is 20.0 Å². The number of Topliss-reactive ketones (excluding diaryl/α,β-unsaturated/α-hetero) is 1. The van der Waals surface area contributed by atoms with E-state index in [0.717, 1.165) is 34.6 Å². The summed E-state index contributed by atoms with van der Waals surface area (Å²) in [6.45, 7) is 1.47. The fourth-order valence-corrected chi connectivity index (χ4v) is 6.23. The van der Waals surface area contributed by atoms with E-state index >= 15 is 0 Å². The van der Waals surface area contributed by atoms with E-state index in [1.165, 1.54) is 25.1 Å². The van der Waals surface area contributed by atoms with E-state index in [4.69, 9.17) is 5.26 Å². The number of nitrogens with one attached hydrogen (secondary N) is 1. The number of hydrogen-bond donors (Lipinski definition) is 1. The van der Waals surface area contributed by atoms with Gasteiger partial charge in [-0.25, -0.2) is 21.2 Å². The molecule has 4 rings (SSSR count). The Labute approximate surface area is 208 Å². The highest BCUT2D eigenvalue weighted by atomic mass is 32.2. The summed E-state index contributed by atoms with van der Waals surface area (Å²) >= 11 is 0. The lowest BCUT2D eigenvalue weighted by atomic mass is 9.93. The fraction of sp³-hybridized carbons (Fsp3) is 0.120. The number of nitriles is 1. The zero-order chi connectivity index (χ0) is 26.1. The number of nitrogens with zero attached hydrogens (tertiary/aromatic N) is 2. The minimum absolute atomic E-state index is 0.00525. The molecule has 1 aliphatic carbocycles. The van der Waals surface area contributed by atoms with Crippen molar-refractivity contribution in [1.82, 2.24) is 3.97 Å². The summed E-state index contributed by atoms with van der Waals surface area (Å²) in [5.41, 5.74) is 0.473. The van der Waals surface area contributed by atoms with E-state index in [2.05, 4.69) is 4.72 Å². The third-order valence-corrected chi connectivity index (χ3v) is 9.42. The number of halogens is 1. The van der Waals surface area contributed by atoms with Crippen LogP contribution in [0.15, 0.2) is 95.7 Å². The highest BCUT2D eigenvalue weighted by molar-refractivity contribution is 7.93. The van der Waals surface area contributed by atoms with Gasteiger partial charge >= 0.3 is 0 Å². The Morgan fingerprint density at radius 2 is 1.83 bits per heavy atom. The molecule has 1 aliphatic rings. The Kier molecular flexibility index (Phi) is 6.43. The average Bonchev–Trinajstić information content (AvgIpc) is 3.38. The molecule has 184 valence electrons. The van der Waals surface area contributed by atoms with E-state index in [0.29, 0.717) is 11.1 Å². The summed E-state index contributed by atoms with van der Waals surface area (Å²) in [5, 5.41) is 8.82. The van der Waals surface area contributed by atoms with Crippen LogP contribution in [0.1, 0.15) is 29.3 Å². The molecule has 0 bridgehead atoms. The summed E-state index contributed by atoms with van der Waals surface area (Å²) in [4.78, 5) is 12.3. The molecule has 1 heterocycles. The molecule has 0 amide bonds. The van der Waals surface area contributed by atoms with E-state index < -0.39 is 35.5 Å². The summed E-state index contributed by atoms with van der Waals surface area (Å²) < 4.78 is 67.8. The zero-order valence-corrected chi connectivity index (χ0v) is 20.6. The number of ketones is 1. The summed E-state index contributed by atoms with van der Waals surface area (Å²) in [6.07, 6.45) is 6.42. The van der Waals surface area contributed by atoms with E-state index in [1.807, 2.05) is 0 Å². The van der Waals surface area contributed by atoms with Crippen LogP contribution in [0.2, 0.25) is 0 Å². The molecule has 0 fully saturated rings. The number of benzene rings is 2. The van der Waals surface area contributed by atoms with Crippen LogP contribution in [-0.4, -0.2) is 31.3 Å². The average molecular weight is 526 g/mol. The molecule has 1 aromatic heterocycles. The van der Waals surface area contributed by atoms with Crippen molar-refractivity contribution >= 4 is 31.5 Å². The molecule has 11 heteroatoms. The van der Waals surface area contributed by atoms with Crippen molar-refractivity contribution < 1.29 is 26.0 Å². The van der Waals surface area contributed by atoms with Crippen molar-refractivity contribution in [3.63, 3.8) is 0 Å². The van der Waals surface area contributed by atoms with Gasteiger partial charge in [-0.3, -0.25) is 13.5 Å². The second kappa shape index (κ2) is 9.22. The minimum atomic E-state index is -4.33. The smallest absolute Gasteiger partial charge is 0.263 e. The van der Waals surface area contributed by atoms with Gasteiger partial charge in [-0.15, -0.1) is 0 Å². The molecule has 0 radical (unpaired) electrons. The molecule has 3 aromatic rings. The Morgan fingerprint density at radius 1 is 1.11 bits per heavy atom. The lowest BCUT2D eigenvalue weighted by molar-refractivity contribution is 0.103. The van der Waals surface area contributed by atoms with Crippen LogP contribution in [0, 0.1) is 17.1 Å². The van der Waals surface area contributed by atoms with Crippen LogP contribution in [0.3, 0.4) is 0 Å². The summed E-state index contributed by atoms with van der Waals surface area (Å²) in [6, 6.07) is 14.6. The maximum absolute atomic E-state index is 14.2. The van der Waals surface area contributed by atoms with Gasteiger partial charge in [0.25, 0.3) is 10.0 Å². The van der Waals surface area contributed by atoms with Crippen molar-refractivity contribution in [3.8, 4) is 6.07 Å². The molecular formula is C25H20FN3O5S2. The quantitative estimate of drug-likeness (QED) is 0.465. The Bertz CT molecular complexity index is 1670. The van der Waals surface area contributed by atoms with Crippen molar-refractivity contribution in [2.24, 2.45) is 0 Å². The number of allylic oxidation sites excluding steroid dienone is 3. The summed E-state index contributed by atoms with van der Waals surface area (Å²) in [7, 11) is -8.46. The van der Waals surface area contributed by atoms with Crippen molar-refractivity contribution in [2.75, 3.05) is 4.72 Å². The number of anilines is 1. The zero-order valence-electron chi connectivity index (χ0n) is 18.9. The molecule has 0 saturated heterocycles. The molecule has 1 unspecified atom stereocenters. The third kappa shape index (κ3) is 4.60. The number of hydrogen-bond acceptors (Lipinski definition) is 6. The van der Waals surface area contributed by atoms with Crippen LogP contribution in [0.25, 0.3) is 0 Å². The largest absolute Gasteiger partial charge is 0.289 e. The molecule has 0 aliphatic heterocycles. The first-order chi connectivity index (χ1) is 17.0. The number of carbonyl (C=O) groups excluding carboxylic acids is 1. The van der Waals surface area contributed by atoms with E-state index in [9.17, 15) is 26.0 Å². The first-order valence-corrected chi connectivity index (χ1v) is 13.5. The lowest BCUT2D eigenvalue weighted by Crippen LogP contribution is -2.38. The van der Waals surface area contributed by atoms with Crippen LogP contribution in [0.5, 0.6) is 0 Å².